The van der Waals surface area contributed by atoms with Crippen LogP contribution in [0.5, 0.6) is 0 Å². The Balaban J connectivity index is 1.55. The minimum Gasteiger partial charge on any atom is -0.399 e. The Kier molecular flexibility index (Phi) is 4.28. The molecule has 0 atom stereocenters. The lowest BCUT2D eigenvalue weighted by atomic mass is 9.95. The first-order valence-corrected chi connectivity index (χ1v) is 7.69. The maximum absolute atomic E-state index is 12.3. The fourth-order valence-electron chi connectivity index (χ4n) is 2.85. The predicted molar refractivity (Wildman–Crippen MR) is 90.9 cm³/mol. The molecule has 0 spiro atoms. The van der Waals surface area contributed by atoms with Crippen LogP contribution < -0.4 is 16.0 Å². The summed E-state index contributed by atoms with van der Waals surface area (Å²) in [5, 5.41) is 3.00. The van der Waals surface area contributed by atoms with Gasteiger partial charge in [0.05, 0.1) is 0 Å². The quantitative estimate of drug-likeness (QED) is 0.855. The van der Waals surface area contributed by atoms with Gasteiger partial charge in [-0.05, 0) is 49.2 Å². The average molecular weight is 295 g/mol. The Labute approximate surface area is 130 Å². The van der Waals surface area contributed by atoms with E-state index in [0.29, 0.717) is 0 Å². The van der Waals surface area contributed by atoms with Gasteiger partial charge in [0.2, 0.25) is 5.91 Å². The molecule has 0 radical (unpaired) electrons. The zero-order valence-electron chi connectivity index (χ0n) is 12.5. The van der Waals surface area contributed by atoms with E-state index in [1.807, 2.05) is 54.6 Å². The van der Waals surface area contributed by atoms with Crippen LogP contribution >= 0.6 is 0 Å². The highest BCUT2D eigenvalue weighted by Crippen LogP contribution is 2.25. The predicted octanol–water partition coefficient (Wildman–Crippen LogP) is 3.12. The zero-order chi connectivity index (χ0) is 15.4. The molecule has 0 unspecified atom stereocenters. The van der Waals surface area contributed by atoms with E-state index in [4.69, 9.17) is 5.73 Å². The highest BCUT2D eigenvalue weighted by molar-refractivity contribution is 5.92. The number of amides is 1. The van der Waals surface area contributed by atoms with Gasteiger partial charge < -0.3 is 16.0 Å². The van der Waals surface area contributed by atoms with Gasteiger partial charge in [-0.2, -0.15) is 0 Å². The second-order valence-electron chi connectivity index (χ2n) is 5.71. The summed E-state index contributed by atoms with van der Waals surface area (Å²) in [5.74, 6) is 0.216. The minimum atomic E-state index is 0.0882. The molecule has 0 aliphatic carbocycles. The number of nitrogen functional groups attached to an aromatic ring is 1. The lowest BCUT2D eigenvalue weighted by Crippen LogP contribution is -2.38. The summed E-state index contributed by atoms with van der Waals surface area (Å²) in [4.78, 5) is 14.6. The molecule has 1 saturated heterocycles. The SMILES string of the molecule is Nc1ccc(N2CCC(C(=O)Nc3ccccc3)CC2)cc1. The van der Waals surface area contributed by atoms with E-state index in [1.165, 1.54) is 5.69 Å². The fourth-order valence-corrected chi connectivity index (χ4v) is 2.85. The summed E-state index contributed by atoms with van der Waals surface area (Å²) in [7, 11) is 0. The van der Waals surface area contributed by atoms with Crippen LogP contribution in [0.25, 0.3) is 0 Å². The largest absolute Gasteiger partial charge is 0.399 e. The molecule has 1 aliphatic heterocycles. The van der Waals surface area contributed by atoms with Crippen molar-refractivity contribution in [3.63, 3.8) is 0 Å². The van der Waals surface area contributed by atoms with Crippen LogP contribution in [-0.4, -0.2) is 19.0 Å². The van der Waals surface area contributed by atoms with E-state index in [1.54, 1.807) is 0 Å². The number of hydrogen-bond donors (Lipinski definition) is 2. The minimum absolute atomic E-state index is 0.0882. The number of piperidine rings is 1. The molecule has 3 N–H and O–H groups in total. The van der Waals surface area contributed by atoms with Gasteiger partial charge in [0.25, 0.3) is 0 Å². The highest BCUT2D eigenvalue weighted by atomic mass is 16.1. The number of para-hydroxylation sites is 1. The second kappa shape index (κ2) is 6.52. The lowest BCUT2D eigenvalue weighted by molar-refractivity contribution is -0.120. The van der Waals surface area contributed by atoms with Crippen LogP contribution in [0.1, 0.15) is 12.8 Å². The summed E-state index contributed by atoms with van der Waals surface area (Å²) in [6.07, 6.45) is 1.76. The van der Waals surface area contributed by atoms with Gasteiger partial charge in [-0.1, -0.05) is 18.2 Å². The number of nitrogens with zero attached hydrogens (tertiary/aromatic N) is 1. The van der Waals surface area contributed by atoms with Crippen molar-refractivity contribution >= 4 is 23.0 Å². The van der Waals surface area contributed by atoms with Crippen molar-refractivity contribution in [2.45, 2.75) is 12.8 Å². The zero-order valence-corrected chi connectivity index (χ0v) is 12.5. The van der Waals surface area contributed by atoms with Crippen molar-refractivity contribution in [1.29, 1.82) is 0 Å². The van der Waals surface area contributed by atoms with Crippen molar-refractivity contribution < 1.29 is 4.79 Å². The van der Waals surface area contributed by atoms with Gasteiger partial charge in [0.15, 0.2) is 0 Å². The van der Waals surface area contributed by atoms with Crippen molar-refractivity contribution in [3.8, 4) is 0 Å². The first-order chi connectivity index (χ1) is 10.7. The maximum atomic E-state index is 12.3. The molecule has 1 heterocycles. The van der Waals surface area contributed by atoms with Crippen LogP contribution in [-0.2, 0) is 4.79 Å². The van der Waals surface area contributed by atoms with Crippen LogP contribution in [0, 0.1) is 5.92 Å². The third-order valence-electron chi connectivity index (χ3n) is 4.17. The molecule has 2 aromatic rings. The molecule has 3 rings (SSSR count). The molecule has 4 nitrogen and oxygen atoms in total. The second-order valence-corrected chi connectivity index (χ2v) is 5.71. The Bertz CT molecular complexity index is 617. The van der Waals surface area contributed by atoms with Crippen molar-refractivity contribution in [2.75, 3.05) is 29.0 Å². The van der Waals surface area contributed by atoms with Crippen LogP contribution in [0.3, 0.4) is 0 Å². The average Bonchev–Trinajstić information content (AvgIpc) is 2.57. The van der Waals surface area contributed by atoms with E-state index < -0.39 is 0 Å². The molecule has 0 aromatic heterocycles. The number of rotatable bonds is 3. The Hall–Kier alpha value is -2.49. The van der Waals surface area contributed by atoms with Gasteiger partial charge in [-0.25, -0.2) is 0 Å². The summed E-state index contributed by atoms with van der Waals surface area (Å²) in [5.41, 5.74) is 8.54. The first kappa shape index (κ1) is 14.4. The van der Waals surface area contributed by atoms with E-state index in [-0.39, 0.29) is 11.8 Å². The summed E-state index contributed by atoms with van der Waals surface area (Å²) in [6.45, 7) is 1.80. The molecule has 4 heteroatoms. The number of nitrogens with two attached hydrogens (primary N) is 1. The van der Waals surface area contributed by atoms with Crippen molar-refractivity contribution in [3.05, 3.63) is 54.6 Å². The van der Waals surface area contributed by atoms with Gasteiger partial charge in [0, 0.05) is 36.1 Å². The number of carbonyl (C=O) groups is 1. The number of nitrogens with one attached hydrogen (secondary N) is 1. The van der Waals surface area contributed by atoms with Crippen LogP contribution in [0.15, 0.2) is 54.6 Å². The summed E-state index contributed by atoms with van der Waals surface area (Å²) >= 11 is 0. The molecule has 1 aliphatic rings. The number of hydrogen-bond acceptors (Lipinski definition) is 3. The first-order valence-electron chi connectivity index (χ1n) is 7.69. The van der Waals surface area contributed by atoms with E-state index in [2.05, 4.69) is 10.2 Å². The van der Waals surface area contributed by atoms with Gasteiger partial charge in [0.1, 0.15) is 0 Å². The fraction of sp³-hybridized carbons (Fsp3) is 0.278. The third-order valence-corrected chi connectivity index (χ3v) is 4.17. The Morgan fingerprint density at radius 2 is 1.64 bits per heavy atom. The lowest BCUT2D eigenvalue weighted by Gasteiger charge is -2.33. The Morgan fingerprint density at radius 3 is 2.27 bits per heavy atom. The molecule has 114 valence electrons. The summed E-state index contributed by atoms with van der Waals surface area (Å²) in [6, 6.07) is 17.6. The highest BCUT2D eigenvalue weighted by Gasteiger charge is 2.25. The third kappa shape index (κ3) is 3.39. The van der Waals surface area contributed by atoms with E-state index in [9.17, 15) is 4.79 Å². The van der Waals surface area contributed by atoms with Crippen molar-refractivity contribution in [2.24, 2.45) is 5.92 Å². The molecule has 0 saturated carbocycles. The van der Waals surface area contributed by atoms with Crippen molar-refractivity contribution in [1.82, 2.24) is 0 Å². The molecule has 2 aromatic carbocycles. The van der Waals surface area contributed by atoms with Crippen LogP contribution in [0.4, 0.5) is 17.1 Å². The topological polar surface area (TPSA) is 58.4 Å². The molecule has 0 bridgehead atoms. The monoisotopic (exact) mass is 295 g/mol. The van der Waals surface area contributed by atoms with E-state index in [0.717, 1.165) is 37.3 Å². The molecule has 22 heavy (non-hydrogen) atoms. The standard InChI is InChI=1S/C18H21N3O/c19-15-6-8-17(9-7-15)21-12-10-14(11-13-21)18(22)20-16-4-2-1-3-5-16/h1-9,14H,10-13,19H2,(H,20,22). The number of anilines is 3. The molecule has 1 amide bonds. The van der Waals surface area contributed by atoms with Gasteiger partial charge >= 0.3 is 0 Å². The maximum Gasteiger partial charge on any atom is 0.227 e. The smallest absolute Gasteiger partial charge is 0.227 e. The van der Waals surface area contributed by atoms with Gasteiger partial charge in [-0.15, -0.1) is 0 Å². The van der Waals surface area contributed by atoms with E-state index >= 15 is 0 Å². The summed E-state index contributed by atoms with van der Waals surface area (Å²) < 4.78 is 0. The number of benzene rings is 2. The normalized spacial score (nSPS) is 15.5. The number of carbonyl (C=O) groups excluding carboxylic acids is 1. The molecular formula is C18H21N3O. The Morgan fingerprint density at radius 1 is 1.00 bits per heavy atom. The molecular weight excluding hydrogens is 274 g/mol. The molecule has 1 fully saturated rings. The van der Waals surface area contributed by atoms with Gasteiger partial charge in [-0.3, -0.25) is 4.79 Å². The van der Waals surface area contributed by atoms with Crippen LogP contribution in [0.2, 0.25) is 0 Å².